The van der Waals surface area contributed by atoms with Crippen molar-refractivity contribution in [3.63, 3.8) is 0 Å². The monoisotopic (exact) mass is 377 g/mol. The third kappa shape index (κ3) is 4.36. The van der Waals surface area contributed by atoms with Crippen molar-refractivity contribution in [2.75, 3.05) is 0 Å². The van der Waals surface area contributed by atoms with Crippen molar-refractivity contribution in [3.8, 4) is 5.69 Å². The first-order valence-electron chi connectivity index (χ1n) is 9.18. The van der Waals surface area contributed by atoms with Crippen LogP contribution < -0.4 is 5.43 Å². The Morgan fingerprint density at radius 2 is 1.75 bits per heavy atom. The molecular weight excluding hydrogens is 353 g/mol. The molecule has 0 saturated carbocycles. The number of nitrogens with one attached hydrogen (secondary N) is 1. The smallest absolute Gasteiger partial charge is 0.244 e. The number of halogens is 1. The maximum absolute atomic E-state index is 12.9. The van der Waals surface area contributed by atoms with Gasteiger partial charge in [-0.05, 0) is 74.7 Å². The third-order valence-corrected chi connectivity index (χ3v) is 4.89. The van der Waals surface area contributed by atoms with E-state index < -0.39 is 0 Å². The summed E-state index contributed by atoms with van der Waals surface area (Å²) < 4.78 is 15.1. The Morgan fingerprint density at radius 3 is 2.43 bits per heavy atom. The molecule has 0 radical (unpaired) electrons. The van der Waals surface area contributed by atoms with Crippen LogP contribution in [0.2, 0.25) is 0 Å². The van der Waals surface area contributed by atoms with E-state index >= 15 is 0 Å². The van der Waals surface area contributed by atoms with E-state index in [2.05, 4.69) is 47.1 Å². The highest BCUT2D eigenvalue weighted by molar-refractivity contribution is 5.84. The molecule has 28 heavy (non-hydrogen) atoms. The number of aryl methyl sites for hydroxylation is 3. The number of carbonyl (C=O) groups is 1. The Morgan fingerprint density at radius 1 is 1.04 bits per heavy atom. The molecule has 0 fully saturated rings. The Hall–Kier alpha value is -3.21. The van der Waals surface area contributed by atoms with Crippen LogP contribution in [0, 0.1) is 33.5 Å². The van der Waals surface area contributed by atoms with Crippen molar-refractivity contribution >= 4 is 12.1 Å². The Balaban J connectivity index is 1.71. The van der Waals surface area contributed by atoms with Crippen LogP contribution in [0.4, 0.5) is 4.39 Å². The zero-order chi connectivity index (χ0) is 20.3. The molecule has 144 valence electrons. The first-order valence-corrected chi connectivity index (χ1v) is 9.18. The van der Waals surface area contributed by atoms with Gasteiger partial charge in [-0.15, -0.1) is 0 Å². The fraction of sp³-hybridized carbons (Fsp3) is 0.217. The van der Waals surface area contributed by atoms with Gasteiger partial charge >= 0.3 is 0 Å². The van der Waals surface area contributed by atoms with E-state index in [1.807, 2.05) is 19.9 Å². The van der Waals surface area contributed by atoms with Crippen molar-refractivity contribution in [2.24, 2.45) is 5.10 Å². The van der Waals surface area contributed by atoms with Crippen molar-refractivity contribution in [3.05, 3.63) is 88.0 Å². The molecule has 0 atom stereocenters. The molecule has 5 heteroatoms. The van der Waals surface area contributed by atoms with Crippen LogP contribution in [0.5, 0.6) is 0 Å². The van der Waals surface area contributed by atoms with Gasteiger partial charge in [-0.2, -0.15) is 5.10 Å². The molecule has 0 saturated heterocycles. The lowest BCUT2D eigenvalue weighted by atomic mass is 10.1. The van der Waals surface area contributed by atoms with E-state index in [0.717, 1.165) is 28.2 Å². The van der Waals surface area contributed by atoms with Gasteiger partial charge in [0.2, 0.25) is 5.91 Å². The second kappa shape index (κ2) is 8.21. The summed E-state index contributed by atoms with van der Waals surface area (Å²) in [6.45, 7) is 8.28. The molecule has 0 aliphatic rings. The van der Waals surface area contributed by atoms with Crippen LogP contribution >= 0.6 is 0 Å². The number of aromatic nitrogens is 1. The summed E-state index contributed by atoms with van der Waals surface area (Å²) in [6.07, 6.45) is 1.81. The standard InChI is InChI=1S/C23H24FN3O/c1-15-5-10-22(11-16(15)2)27-17(3)12-20(18(27)4)14-25-26-23(28)13-19-6-8-21(24)9-7-19/h5-12,14H,13H2,1-4H3,(H,26,28)/b25-14+. The average Bonchev–Trinajstić information content (AvgIpc) is 2.93. The number of carbonyl (C=O) groups excluding carboxylic acids is 1. The maximum atomic E-state index is 12.9. The molecular formula is C23H24FN3O. The lowest BCUT2D eigenvalue weighted by Gasteiger charge is -2.11. The zero-order valence-electron chi connectivity index (χ0n) is 16.6. The molecule has 0 bridgehead atoms. The van der Waals surface area contributed by atoms with Crippen LogP contribution in [0.15, 0.2) is 53.6 Å². The van der Waals surface area contributed by atoms with Crippen molar-refractivity contribution in [2.45, 2.75) is 34.1 Å². The van der Waals surface area contributed by atoms with Crippen LogP contribution in [0.3, 0.4) is 0 Å². The number of hydrogen-bond acceptors (Lipinski definition) is 2. The summed E-state index contributed by atoms with van der Waals surface area (Å²) in [7, 11) is 0. The van der Waals surface area contributed by atoms with E-state index in [1.54, 1.807) is 18.3 Å². The quantitative estimate of drug-likeness (QED) is 0.515. The van der Waals surface area contributed by atoms with E-state index in [4.69, 9.17) is 0 Å². The van der Waals surface area contributed by atoms with E-state index in [9.17, 15) is 9.18 Å². The van der Waals surface area contributed by atoms with Crippen molar-refractivity contribution in [1.29, 1.82) is 0 Å². The molecule has 4 nitrogen and oxygen atoms in total. The highest BCUT2D eigenvalue weighted by atomic mass is 19.1. The Labute approximate surface area is 164 Å². The first kappa shape index (κ1) is 19.5. The largest absolute Gasteiger partial charge is 0.318 e. The molecule has 1 N–H and O–H groups in total. The fourth-order valence-electron chi connectivity index (χ4n) is 3.18. The van der Waals surface area contributed by atoms with Crippen molar-refractivity contribution < 1.29 is 9.18 Å². The highest BCUT2D eigenvalue weighted by Gasteiger charge is 2.10. The van der Waals surface area contributed by atoms with Gasteiger partial charge in [-0.3, -0.25) is 4.79 Å². The maximum Gasteiger partial charge on any atom is 0.244 e. The minimum Gasteiger partial charge on any atom is -0.318 e. The lowest BCUT2D eigenvalue weighted by Crippen LogP contribution is -2.19. The minimum atomic E-state index is -0.318. The molecule has 1 heterocycles. The third-order valence-electron chi connectivity index (χ3n) is 4.89. The molecule has 3 aromatic rings. The van der Waals surface area contributed by atoms with Crippen LogP contribution in [0.1, 0.15) is 33.6 Å². The molecule has 0 spiro atoms. The second-order valence-electron chi connectivity index (χ2n) is 7.03. The van der Waals surface area contributed by atoms with Gasteiger partial charge in [0.05, 0.1) is 12.6 Å². The van der Waals surface area contributed by atoms with Gasteiger partial charge < -0.3 is 4.57 Å². The number of amides is 1. The predicted molar refractivity (Wildman–Crippen MR) is 111 cm³/mol. The van der Waals surface area contributed by atoms with Gasteiger partial charge in [0.1, 0.15) is 5.82 Å². The number of rotatable bonds is 5. The molecule has 0 aliphatic carbocycles. The summed E-state index contributed by atoms with van der Waals surface area (Å²) >= 11 is 0. The molecule has 0 unspecified atom stereocenters. The summed E-state index contributed by atoms with van der Waals surface area (Å²) in [5.74, 6) is -0.563. The number of nitrogens with zero attached hydrogens (tertiary/aromatic N) is 2. The molecule has 2 aromatic carbocycles. The second-order valence-corrected chi connectivity index (χ2v) is 7.03. The normalized spacial score (nSPS) is 11.2. The first-order chi connectivity index (χ1) is 13.3. The SMILES string of the molecule is Cc1ccc(-n2c(C)cc(/C=N/NC(=O)Cc3ccc(F)cc3)c2C)cc1C. The van der Waals surface area contributed by atoms with Crippen LogP contribution in [-0.2, 0) is 11.2 Å². The van der Waals surface area contributed by atoms with Gasteiger partial charge in [-0.1, -0.05) is 18.2 Å². The summed E-state index contributed by atoms with van der Waals surface area (Å²) in [5, 5.41) is 4.08. The van der Waals surface area contributed by atoms with Gasteiger partial charge in [0.15, 0.2) is 0 Å². The van der Waals surface area contributed by atoms with E-state index in [1.165, 1.54) is 23.3 Å². The summed E-state index contributed by atoms with van der Waals surface area (Å²) in [4.78, 5) is 12.0. The fourth-order valence-corrected chi connectivity index (χ4v) is 3.18. The molecule has 1 amide bonds. The van der Waals surface area contributed by atoms with E-state index in [-0.39, 0.29) is 18.1 Å². The molecule has 3 rings (SSSR count). The van der Waals surface area contributed by atoms with Gasteiger partial charge in [0.25, 0.3) is 0 Å². The van der Waals surface area contributed by atoms with E-state index in [0.29, 0.717) is 0 Å². The minimum absolute atomic E-state index is 0.152. The van der Waals surface area contributed by atoms with Gasteiger partial charge in [-0.25, -0.2) is 9.82 Å². The Bertz CT molecular complexity index is 1030. The number of benzene rings is 2. The highest BCUT2D eigenvalue weighted by Crippen LogP contribution is 2.21. The number of hydrogen-bond donors (Lipinski definition) is 1. The van der Waals surface area contributed by atoms with Crippen LogP contribution in [-0.4, -0.2) is 16.7 Å². The zero-order valence-corrected chi connectivity index (χ0v) is 16.6. The van der Waals surface area contributed by atoms with Crippen molar-refractivity contribution in [1.82, 2.24) is 9.99 Å². The summed E-state index contributed by atoms with van der Waals surface area (Å²) in [5.41, 5.74) is 9.98. The van der Waals surface area contributed by atoms with Gasteiger partial charge in [0, 0.05) is 22.6 Å². The Kier molecular flexibility index (Phi) is 5.73. The predicted octanol–water partition coefficient (Wildman–Crippen LogP) is 4.54. The number of hydrazone groups is 1. The molecule has 0 aliphatic heterocycles. The average molecular weight is 377 g/mol. The lowest BCUT2D eigenvalue weighted by molar-refractivity contribution is -0.120. The summed E-state index contributed by atoms with van der Waals surface area (Å²) in [6, 6.07) is 14.3. The molecule has 1 aromatic heterocycles. The van der Waals surface area contributed by atoms with Crippen LogP contribution in [0.25, 0.3) is 5.69 Å². The topological polar surface area (TPSA) is 46.4 Å².